The molecule has 10 heterocycles. The summed E-state index contributed by atoms with van der Waals surface area (Å²) in [7, 11) is 5.35. The molecule has 6 saturated heterocycles. The first-order chi connectivity index (χ1) is 44.0. The van der Waals surface area contributed by atoms with Crippen LogP contribution in [0.2, 0.25) is 0 Å². The molecule has 4 aromatic rings. The van der Waals surface area contributed by atoms with Gasteiger partial charge in [-0.25, -0.2) is 22.8 Å². The highest BCUT2D eigenvalue weighted by Gasteiger charge is 2.51. The highest BCUT2D eigenvalue weighted by molar-refractivity contribution is 5.95. The largest absolute Gasteiger partial charge is 0.450 e. The number of pyridine rings is 1. The van der Waals surface area contributed by atoms with Gasteiger partial charge >= 0.3 is 12.1 Å². The third-order valence-electron chi connectivity index (χ3n) is 22.5. The van der Waals surface area contributed by atoms with Gasteiger partial charge < -0.3 is 48.5 Å². The number of urea groups is 1. The van der Waals surface area contributed by atoms with Gasteiger partial charge in [0.2, 0.25) is 5.91 Å². The van der Waals surface area contributed by atoms with Crippen molar-refractivity contribution >= 4 is 46.7 Å². The van der Waals surface area contributed by atoms with Crippen LogP contribution in [-0.4, -0.2) is 208 Å². The third kappa shape index (κ3) is 13.3. The van der Waals surface area contributed by atoms with E-state index in [-0.39, 0.29) is 63.7 Å². The molecule has 1 aromatic heterocycles. The number of likely N-dealkylation sites (tertiary alicyclic amines) is 5. The Morgan fingerprint density at radius 1 is 0.582 bits per heavy atom. The molecular weight excluding hydrogens is 1160 g/mol. The number of anilines is 4. The fourth-order valence-corrected chi connectivity index (χ4v) is 17.4. The zero-order chi connectivity index (χ0) is 63.6. The Morgan fingerprint density at radius 2 is 1.07 bits per heavy atom. The van der Waals surface area contributed by atoms with Crippen molar-refractivity contribution in [2.45, 2.75) is 163 Å². The van der Waals surface area contributed by atoms with E-state index in [1.54, 1.807) is 62.3 Å². The number of hydrogen-bond acceptors (Lipinski definition) is 12. The number of nitrogens with zero attached hydrogens (tertiary/aromatic N) is 10. The van der Waals surface area contributed by atoms with Crippen LogP contribution in [0.1, 0.15) is 133 Å². The normalized spacial score (nSPS) is 24.7. The first-order valence-corrected chi connectivity index (χ1v) is 33.9. The summed E-state index contributed by atoms with van der Waals surface area (Å²) in [5.41, 5.74) is 6.83. The number of fused-ring (bicyclic) bond motifs is 6. The average Bonchev–Trinajstić information content (AvgIpc) is 1.66. The van der Waals surface area contributed by atoms with E-state index in [1.165, 1.54) is 31.4 Å². The van der Waals surface area contributed by atoms with E-state index in [2.05, 4.69) is 24.6 Å². The number of methoxy groups -OCH3 is 1. The smallest absolute Gasteiger partial charge is 0.409 e. The van der Waals surface area contributed by atoms with Crippen molar-refractivity contribution < 1.29 is 46.6 Å². The van der Waals surface area contributed by atoms with Gasteiger partial charge in [-0.1, -0.05) is 12.8 Å². The minimum Gasteiger partial charge on any atom is -0.450 e. The number of ether oxygens (including phenoxy) is 3. The Kier molecular flexibility index (Phi) is 19.7. The lowest BCUT2D eigenvalue weighted by atomic mass is 9.73. The van der Waals surface area contributed by atoms with Crippen molar-refractivity contribution in [3.05, 3.63) is 113 Å². The van der Waals surface area contributed by atoms with E-state index in [0.717, 1.165) is 195 Å². The van der Waals surface area contributed by atoms with E-state index in [4.69, 9.17) is 14.2 Å². The van der Waals surface area contributed by atoms with Crippen molar-refractivity contribution in [1.29, 1.82) is 0 Å². The summed E-state index contributed by atoms with van der Waals surface area (Å²) in [5.74, 6) is -0.392. The van der Waals surface area contributed by atoms with Gasteiger partial charge in [-0.05, 0) is 220 Å². The van der Waals surface area contributed by atoms with Crippen molar-refractivity contribution in [2.24, 2.45) is 0 Å². The predicted octanol–water partition coefficient (Wildman–Crippen LogP) is 10.6. The first kappa shape index (κ1) is 64.8. The van der Waals surface area contributed by atoms with Crippen LogP contribution in [0.4, 0.5) is 45.5 Å². The summed E-state index contributed by atoms with van der Waals surface area (Å²) < 4.78 is 58.9. The molecule has 10 aliphatic rings. The quantitative estimate of drug-likeness (QED) is 0.174. The fraction of sp³-hybridized carbons (Fsp3) is 0.620. The second-order valence-corrected chi connectivity index (χ2v) is 27.7. The maximum absolute atomic E-state index is 14.3. The molecule has 0 bridgehead atoms. The minimum absolute atomic E-state index is 0.0250. The number of benzene rings is 3. The Balaban J connectivity index is 0.000000133. The molecule has 7 fully saturated rings. The third-order valence-corrected chi connectivity index (χ3v) is 22.5. The van der Waals surface area contributed by atoms with E-state index in [0.29, 0.717) is 50.5 Å². The van der Waals surface area contributed by atoms with Crippen molar-refractivity contribution in [3.8, 4) is 0 Å². The van der Waals surface area contributed by atoms with Crippen molar-refractivity contribution in [3.63, 3.8) is 0 Å². The molecule has 492 valence electrons. The molecule has 1 saturated carbocycles. The molecule has 0 radical (unpaired) electrons. The molecule has 3 aromatic carbocycles. The zero-order valence-electron chi connectivity index (χ0n) is 54.3. The molecule has 91 heavy (non-hydrogen) atoms. The number of carbonyl (C=O) groups excluding carboxylic acids is 4. The number of halogens is 3. The van der Waals surface area contributed by atoms with Crippen LogP contribution in [0.15, 0.2) is 79.1 Å². The molecule has 3 atom stereocenters. The molecular formula is C71H95F3N10O7. The summed E-state index contributed by atoms with van der Waals surface area (Å²) in [6.45, 7) is 15.7. The standard InChI is InChI=1S/C25H35FN4O3.C25H31FN4O2.C21H29FN2O2/c1-27(2)24(32)30-17-25(20-16-18(26)5-6-21(20)30)9-13-28(14-10-25)19-7-11-29(12-8-19)23(31)22-4-3-15-33-22;1-2-32-24(31)29-13-7-20(8-14-29)28-15-9-25(10-16-28)18-30(21-5-11-27-12-6-21)23-4-3-19(26)17-22(23)25;1-15(25)24-14-21(17-13-16(22)7-8-18(17)24)9-11-23(12-10-21)19-5-3-4-6-20(19)26-2/h5-6,16,19,22H,3-4,7-15,17H2,1-2H3;3-6,11-12,17,20H,2,7-10,13-16,18H2,1H3;7-8,13,19-20H,3-6,9-12,14H2,1-2H3/t22-;;/m1../s1. The maximum atomic E-state index is 14.3. The SMILES string of the molecule is CCOC(=O)N1CCC(N2CCC3(CC2)CN(c2ccncc2)c2ccc(F)cc23)CC1.CN(C)C(=O)N1CC2(CCN(C3CCN(C(=O)[C@H]4CCCO4)CC3)CC2)c2cc(F)ccc21.COC1CCCCC1N1CCC2(CC1)CN(C(C)=O)c1ccc(F)cc12. The molecule has 2 unspecified atom stereocenters. The van der Waals surface area contributed by atoms with E-state index < -0.39 is 0 Å². The second kappa shape index (κ2) is 27.7. The number of carbonyl (C=O) groups is 4. The van der Waals surface area contributed by atoms with Crippen LogP contribution in [0.25, 0.3) is 0 Å². The molecule has 0 N–H and O–H groups in total. The van der Waals surface area contributed by atoms with Crippen LogP contribution < -0.4 is 14.7 Å². The van der Waals surface area contributed by atoms with E-state index in [1.807, 2.05) is 64.2 Å². The maximum Gasteiger partial charge on any atom is 0.409 e. The van der Waals surface area contributed by atoms with Crippen LogP contribution in [0, 0.1) is 17.5 Å². The molecule has 1 aliphatic carbocycles. The Hall–Kier alpha value is -6.32. The second-order valence-electron chi connectivity index (χ2n) is 27.7. The topological polar surface area (TPSA) is 138 Å². The number of amides is 5. The van der Waals surface area contributed by atoms with Gasteiger partial charge in [0.1, 0.15) is 23.6 Å². The number of piperidine rings is 5. The zero-order valence-corrected chi connectivity index (χ0v) is 54.3. The number of aromatic nitrogens is 1. The molecule has 20 heteroatoms. The van der Waals surface area contributed by atoms with E-state index in [9.17, 15) is 32.3 Å². The fourth-order valence-electron chi connectivity index (χ4n) is 17.4. The summed E-state index contributed by atoms with van der Waals surface area (Å²) in [6.07, 6.45) is 20.0. The van der Waals surface area contributed by atoms with Crippen LogP contribution >= 0.6 is 0 Å². The van der Waals surface area contributed by atoms with Crippen molar-refractivity contribution in [2.75, 3.05) is 134 Å². The lowest BCUT2D eigenvalue weighted by molar-refractivity contribution is -0.142. The van der Waals surface area contributed by atoms with Gasteiger partial charge in [-0.3, -0.25) is 24.4 Å². The highest BCUT2D eigenvalue weighted by Crippen LogP contribution is 2.52. The van der Waals surface area contributed by atoms with Gasteiger partial charge in [0.15, 0.2) is 0 Å². The Labute approximate surface area is 536 Å². The summed E-state index contributed by atoms with van der Waals surface area (Å²) in [5, 5.41) is 0. The van der Waals surface area contributed by atoms with Gasteiger partial charge in [0.05, 0.1) is 12.7 Å². The molecule has 3 spiro atoms. The van der Waals surface area contributed by atoms with Crippen LogP contribution in [0.3, 0.4) is 0 Å². The van der Waals surface area contributed by atoms with Gasteiger partial charge in [0, 0.05) is 150 Å². The number of hydrogen-bond donors (Lipinski definition) is 0. The van der Waals surface area contributed by atoms with Gasteiger partial charge in [-0.15, -0.1) is 0 Å². The van der Waals surface area contributed by atoms with Gasteiger partial charge in [-0.2, -0.15) is 0 Å². The average molecular weight is 1260 g/mol. The van der Waals surface area contributed by atoms with E-state index >= 15 is 0 Å². The van der Waals surface area contributed by atoms with Crippen LogP contribution in [-0.2, 0) is 40.0 Å². The summed E-state index contributed by atoms with van der Waals surface area (Å²) in [4.78, 5) is 72.8. The Bertz CT molecular complexity index is 3200. The highest BCUT2D eigenvalue weighted by atomic mass is 19.1. The monoisotopic (exact) mass is 1260 g/mol. The van der Waals surface area contributed by atoms with Gasteiger partial charge in [0.25, 0.3) is 5.91 Å². The summed E-state index contributed by atoms with van der Waals surface area (Å²) in [6, 6.07) is 20.5. The molecule has 14 rings (SSSR count). The van der Waals surface area contributed by atoms with Crippen molar-refractivity contribution in [1.82, 2.24) is 34.4 Å². The lowest BCUT2D eigenvalue weighted by Gasteiger charge is -2.46. The minimum atomic E-state index is -0.238. The predicted molar refractivity (Wildman–Crippen MR) is 346 cm³/mol. The molecule has 5 amide bonds. The lowest BCUT2D eigenvalue weighted by Crippen LogP contribution is -2.53. The molecule has 17 nitrogen and oxygen atoms in total. The first-order valence-electron chi connectivity index (χ1n) is 33.9. The summed E-state index contributed by atoms with van der Waals surface area (Å²) >= 11 is 0. The molecule has 9 aliphatic heterocycles. The number of rotatable bonds is 7. The van der Waals surface area contributed by atoms with Crippen LogP contribution in [0.5, 0.6) is 0 Å². The Morgan fingerprint density at radius 3 is 1.57 bits per heavy atom.